The Balaban J connectivity index is 2.29. The Morgan fingerprint density at radius 2 is 2.05 bits per heavy atom. The molecule has 5 heteroatoms. The van der Waals surface area contributed by atoms with Crippen LogP contribution in [0.5, 0.6) is 5.75 Å². The quantitative estimate of drug-likeness (QED) is 0.891. The number of hydrogen-bond acceptors (Lipinski definition) is 3. The molecule has 0 aliphatic rings. The second-order valence-corrected chi connectivity index (χ2v) is 6.92. The van der Waals surface area contributed by atoms with Crippen LogP contribution in [0.25, 0.3) is 0 Å². The molecule has 0 spiro atoms. The fraction of sp³-hybridized carbons (Fsp3) is 0.286. The molecule has 0 fully saturated rings. The highest BCUT2D eigenvalue weighted by atomic mass is 79.9. The minimum atomic E-state index is -0.354. The average molecular weight is 344 g/mol. The Hall–Kier alpha value is -0.910. The molecule has 1 heterocycles. The summed E-state index contributed by atoms with van der Waals surface area (Å²) in [5.74, 6) is -0.0874. The second-order valence-electron chi connectivity index (χ2n) is 4.43. The maximum absolute atomic E-state index is 14.0. The zero-order valence-electron chi connectivity index (χ0n) is 10.7. The molecule has 0 aliphatic heterocycles. The topological polar surface area (TPSA) is 35.2 Å². The number of aryl methyl sites for hydroxylation is 1. The normalized spacial score (nSPS) is 14.2. The molecule has 102 valence electrons. The lowest BCUT2D eigenvalue weighted by Crippen LogP contribution is -2.28. The summed E-state index contributed by atoms with van der Waals surface area (Å²) >= 11 is 4.95. The molecule has 2 nitrogen and oxygen atoms in total. The van der Waals surface area contributed by atoms with Crippen LogP contribution < -0.4 is 10.5 Å². The molecule has 19 heavy (non-hydrogen) atoms. The molecule has 0 amide bonds. The third kappa shape index (κ3) is 3.35. The van der Waals surface area contributed by atoms with E-state index in [1.807, 2.05) is 19.1 Å². The van der Waals surface area contributed by atoms with Crippen molar-refractivity contribution in [2.75, 3.05) is 0 Å². The molecule has 2 atom stereocenters. The van der Waals surface area contributed by atoms with Crippen LogP contribution >= 0.6 is 27.3 Å². The number of nitrogens with two attached hydrogens (primary N) is 1. The van der Waals surface area contributed by atoms with Crippen LogP contribution in [0.4, 0.5) is 4.39 Å². The average Bonchev–Trinajstić information content (AvgIpc) is 2.77. The van der Waals surface area contributed by atoms with Crippen LogP contribution in [-0.2, 0) is 0 Å². The molecule has 0 aliphatic carbocycles. The van der Waals surface area contributed by atoms with Gasteiger partial charge < -0.3 is 10.5 Å². The summed E-state index contributed by atoms with van der Waals surface area (Å²) in [4.78, 5) is 0.975. The lowest BCUT2D eigenvalue weighted by molar-refractivity contribution is 0.176. The molecular formula is C14H15BrFNOS. The summed E-state index contributed by atoms with van der Waals surface area (Å²) in [5, 5.41) is 0. The molecule has 2 rings (SSSR count). The van der Waals surface area contributed by atoms with Gasteiger partial charge in [0.15, 0.2) is 11.6 Å². The Bertz CT molecular complexity index is 570. The van der Waals surface area contributed by atoms with E-state index in [4.69, 9.17) is 10.5 Å². The van der Waals surface area contributed by atoms with Crippen molar-refractivity contribution in [2.24, 2.45) is 5.73 Å². The fourth-order valence-corrected chi connectivity index (χ4v) is 3.32. The zero-order chi connectivity index (χ0) is 14.0. The third-order valence-electron chi connectivity index (χ3n) is 2.76. The molecule has 0 saturated carbocycles. The predicted molar refractivity (Wildman–Crippen MR) is 80.2 cm³/mol. The standard InChI is InChI=1S/C14H15BrFNOS/c1-8-4-3-5-10(13(8)16)18-14(9(2)17)11-6-7-12(15)19-11/h3-7,9,14H,17H2,1-2H3. The lowest BCUT2D eigenvalue weighted by atomic mass is 10.1. The Kier molecular flexibility index (Phi) is 4.60. The van der Waals surface area contributed by atoms with E-state index in [2.05, 4.69) is 15.9 Å². The van der Waals surface area contributed by atoms with Gasteiger partial charge in [-0.25, -0.2) is 4.39 Å². The molecule has 2 aromatic rings. The van der Waals surface area contributed by atoms with E-state index in [0.717, 1.165) is 8.66 Å². The lowest BCUT2D eigenvalue weighted by Gasteiger charge is -2.22. The van der Waals surface area contributed by atoms with Gasteiger partial charge in [0, 0.05) is 10.9 Å². The summed E-state index contributed by atoms with van der Waals surface area (Å²) < 4.78 is 20.8. The Labute approximate surface area is 124 Å². The Morgan fingerprint density at radius 1 is 1.32 bits per heavy atom. The van der Waals surface area contributed by atoms with Gasteiger partial charge in [-0.15, -0.1) is 11.3 Å². The first-order valence-electron chi connectivity index (χ1n) is 5.91. The van der Waals surface area contributed by atoms with E-state index < -0.39 is 0 Å². The van der Waals surface area contributed by atoms with Gasteiger partial charge in [0.1, 0.15) is 6.10 Å². The minimum absolute atomic E-state index is 0.231. The van der Waals surface area contributed by atoms with E-state index in [0.29, 0.717) is 5.56 Å². The second kappa shape index (κ2) is 6.03. The van der Waals surface area contributed by atoms with Gasteiger partial charge in [0.2, 0.25) is 0 Å². The van der Waals surface area contributed by atoms with E-state index in [-0.39, 0.29) is 23.7 Å². The molecule has 0 radical (unpaired) electrons. The van der Waals surface area contributed by atoms with Crippen LogP contribution in [0.1, 0.15) is 23.5 Å². The number of rotatable bonds is 4. The number of hydrogen-bond donors (Lipinski definition) is 1. The molecule has 0 saturated heterocycles. The fourth-order valence-electron chi connectivity index (χ4n) is 1.75. The molecule has 0 bridgehead atoms. The number of benzene rings is 1. The van der Waals surface area contributed by atoms with E-state index in [1.54, 1.807) is 36.5 Å². The summed E-state index contributed by atoms with van der Waals surface area (Å²) in [6.07, 6.45) is -0.354. The zero-order valence-corrected chi connectivity index (χ0v) is 13.1. The summed E-state index contributed by atoms with van der Waals surface area (Å²) in [5.41, 5.74) is 6.52. The first-order valence-corrected chi connectivity index (χ1v) is 7.52. The van der Waals surface area contributed by atoms with Crippen molar-refractivity contribution >= 4 is 27.3 Å². The van der Waals surface area contributed by atoms with Crippen molar-refractivity contribution in [3.05, 3.63) is 50.4 Å². The highest BCUT2D eigenvalue weighted by molar-refractivity contribution is 9.11. The van der Waals surface area contributed by atoms with Crippen molar-refractivity contribution in [3.63, 3.8) is 0 Å². The highest BCUT2D eigenvalue weighted by Gasteiger charge is 2.21. The first-order chi connectivity index (χ1) is 8.99. The monoisotopic (exact) mass is 343 g/mol. The van der Waals surface area contributed by atoms with Crippen molar-refractivity contribution in [3.8, 4) is 5.75 Å². The van der Waals surface area contributed by atoms with Crippen molar-refractivity contribution in [1.29, 1.82) is 0 Å². The highest BCUT2D eigenvalue weighted by Crippen LogP contribution is 2.33. The summed E-state index contributed by atoms with van der Waals surface area (Å²) in [6.45, 7) is 3.57. The van der Waals surface area contributed by atoms with E-state index >= 15 is 0 Å². The van der Waals surface area contributed by atoms with Gasteiger partial charge in [-0.3, -0.25) is 0 Å². The number of ether oxygens (including phenoxy) is 1. The maximum Gasteiger partial charge on any atom is 0.167 e. The van der Waals surface area contributed by atoms with Crippen molar-refractivity contribution in [1.82, 2.24) is 0 Å². The van der Waals surface area contributed by atoms with E-state index in [9.17, 15) is 4.39 Å². The minimum Gasteiger partial charge on any atom is -0.480 e. The van der Waals surface area contributed by atoms with Crippen LogP contribution in [0.2, 0.25) is 0 Å². The van der Waals surface area contributed by atoms with Gasteiger partial charge in [-0.1, -0.05) is 12.1 Å². The Morgan fingerprint density at radius 3 is 2.63 bits per heavy atom. The van der Waals surface area contributed by atoms with Crippen LogP contribution in [0.3, 0.4) is 0 Å². The van der Waals surface area contributed by atoms with Gasteiger partial charge in [0.25, 0.3) is 0 Å². The van der Waals surface area contributed by atoms with Gasteiger partial charge in [0.05, 0.1) is 3.79 Å². The van der Waals surface area contributed by atoms with Crippen molar-refractivity contribution in [2.45, 2.75) is 26.0 Å². The van der Waals surface area contributed by atoms with Gasteiger partial charge in [-0.05, 0) is 53.5 Å². The predicted octanol–water partition coefficient (Wildman–Crippen LogP) is 4.43. The van der Waals surface area contributed by atoms with Crippen LogP contribution in [0.15, 0.2) is 34.1 Å². The SMILES string of the molecule is Cc1cccc(OC(c2ccc(Br)s2)C(C)N)c1F. The number of halogens is 2. The molecular weight excluding hydrogens is 329 g/mol. The largest absolute Gasteiger partial charge is 0.480 e. The summed E-state index contributed by atoms with van der Waals surface area (Å²) in [7, 11) is 0. The first kappa shape index (κ1) is 14.5. The van der Waals surface area contributed by atoms with Crippen LogP contribution in [0, 0.1) is 12.7 Å². The van der Waals surface area contributed by atoms with Gasteiger partial charge in [-0.2, -0.15) is 0 Å². The van der Waals surface area contributed by atoms with Gasteiger partial charge >= 0.3 is 0 Å². The third-order valence-corrected chi connectivity index (χ3v) is 4.45. The number of thiophene rings is 1. The molecule has 1 aromatic heterocycles. The maximum atomic E-state index is 14.0. The molecule has 1 aromatic carbocycles. The van der Waals surface area contributed by atoms with Crippen molar-refractivity contribution < 1.29 is 9.13 Å². The molecule has 2 N–H and O–H groups in total. The van der Waals surface area contributed by atoms with Crippen LogP contribution in [-0.4, -0.2) is 6.04 Å². The summed E-state index contributed by atoms with van der Waals surface area (Å²) in [6, 6.07) is 8.76. The van der Waals surface area contributed by atoms with E-state index in [1.165, 1.54) is 0 Å². The smallest absolute Gasteiger partial charge is 0.167 e. The molecule has 2 unspecified atom stereocenters.